The van der Waals surface area contributed by atoms with Crippen LogP contribution in [0, 0.1) is 5.41 Å². The summed E-state index contributed by atoms with van der Waals surface area (Å²) >= 11 is 0. The summed E-state index contributed by atoms with van der Waals surface area (Å²) in [5.41, 5.74) is 0.382. The van der Waals surface area contributed by atoms with Crippen molar-refractivity contribution in [1.82, 2.24) is 9.88 Å². The number of aliphatic hydroxyl groups excluding tert-OH is 1. The molecule has 2 aliphatic rings. The van der Waals surface area contributed by atoms with Crippen LogP contribution in [0.2, 0.25) is 0 Å². The number of amides is 1. The second kappa shape index (κ2) is 6.04. The van der Waals surface area contributed by atoms with E-state index in [1.165, 1.54) is 0 Å². The molecule has 1 aromatic rings. The van der Waals surface area contributed by atoms with E-state index in [0.29, 0.717) is 0 Å². The van der Waals surface area contributed by atoms with Crippen LogP contribution in [0.25, 0.3) is 0 Å². The molecule has 2 heterocycles. The minimum Gasteiger partial charge on any atom is -0.503 e. The van der Waals surface area contributed by atoms with Gasteiger partial charge in [-0.15, -0.1) is 0 Å². The second-order valence-electron chi connectivity index (χ2n) is 7.68. The number of carbonyl (C=O) groups excluding carboxylic acids is 2. The molecule has 0 bridgehead atoms. The van der Waals surface area contributed by atoms with Gasteiger partial charge in [-0.05, 0) is 30.5 Å². The summed E-state index contributed by atoms with van der Waals surface area (Å²) in [6, 6.07) is 3.18. The fourth-order valence-electron chi connectivity index (χ4n) is 3.69. The highest BCUT2D eigenvalue weighted by molar-refractivity contribution is 6.10. The molecule has 1 aliphatic heterocycles. The zero-order valence-corrected chi connectivity index (χ0v) is 14.5. The normalized spacial score (nSPS) is 22.5. The molecule has 128 valence electrons. The fraction of sp³-hybridized carbons (Fsp3) is 0.526. The van der Waals surface area contributed by atoms with Gasteiger partial charge in [0.1, 0.15) is 0 Å². The maximum absolute atomic E-state index is 13.0. The van der Waals surface area contributed by atoms with E-state index in [-0.39, 0.29) is 23.2 Å². The average molecular weight is 328 g/mol. The Morgan fingerprint density at radius 3 is 2.33 bits per heavy atom. The van der Waals surface area contributed by atoms with Gasteiger partial charge in [0, 0.05) is 23.9 Å². The van der Waals surface area contributed by atoms with Crippen LogP contribution in [-0.4, -0.2) is 32.7 Å². The molecule has 1 saturated carbocycles. The maximum atomic E-state index is 13.0. The van der Waals surface area contributed by atoms with Crippen molar-refractivity contribution >= 4 is 11.7 Å². The molecule has 0 radical (unpaired) electrons. The fourth-order valence-corrected chi connectivity index (χ4v) is 3.69. The van der Waals surface area contributed by atoms with Crippen molar-refractivity contribution in [2.24, 2.45) is 5.41 Å². The maximum Gasteiger partial charge on any atom is 0.290 e. The van der Waals surface area contributed by atoms with Crippen LogP contribution in [0.5, 0.6) is 0 Å². The Morgan fingerprint density at radius 2 is 1.79 bits per heavy atom. The van der Waals surface area contributed by atoms with Crippen molar-refractivity contribution in [3.8, 4) is 0 Å². The van der Waals surface area contributed by atoms with E-state index in [4.69, 9.17) is 0 Å². The van der Waals surface area contributed by atoms with Gasteiger partial charge in [-0.3, -0.25) is 14.6 Å². The lowest BCUT2D eigenvalue weighted by molar-refractivity contribution is -0.131. The Hall–Kier alpha value is -2.17. The highest BCUT2D eigenvalue weighted by Crippen LogP contribution is 2.44. The molecule has 1 atom stereocenters. The first kappa shape index (κ1) is 16.7. The first-order chi connectivity index (χ1) is 11.3. The first-order valence-corrected chi connectivity index (χ1v) is 8.53. The second-order valence-corrected chi connectivity index (χ2v) is 7.68. The Morgan fingerprint density at radius 1 is 1.21 bits per heavy atom. The van der Waals surface area contributed by atoms with E-state index in [1.807, 2.05) is 32.9 Å². The molecule has 5 heteroatoms. The molecule has 0 aromatic carbocycles. The SMILES string of the molecule is CC(C)(C)C(=O)C1=C(O)C(=O)N(C2CCCC2)C1c1ccncc1. The van der Waals surface area contributed by atoms with Crippen LogP contribution in [0.4, 0.5) is 0 Å². The average Bonchev–Trinajstić information content (AvgIpc) is 3.14. The van der Waals surface area contributed by atoms with E-state index in [0.717, 1.165) is 31.2 Å². The lowest BCUT2D eigenvalue weighted by Gasteiger charge is -2.33. The monoisotopic (exact) mass is 328 g/mol. The van der Waals surface area contributed by atoms with E-state index < -0.39 is 17.4 Å². The van der Waals surface area contributed by atoms with E-state index >= 15 is 0 Å². The number of pyridine rings is 1. The number of ketones is 1. The third-order valence-electron chi connectivity index (χ3n) is 4.91. The lowest BCUT2D eigenvalue weighted by Crippen LogP contribution is -2.39. The number of rotatable bonds is 3. The number of nitrogens with zero attached hydrogens (tertiary/aromatic N) is 2. The summed E-state index contributed by atoms with van der Waals surface area (Å²) in [6.07, 6.45) is 7.28. The van der Waals surface area contributed by atoms with Crippen molar-refractivity contribution in [2.75, 3.05) is 0 Å². The van der Waals surface area contributed by atoms with Crippen molar-refractivity contribution in [1.29, 1.82) is 0 Å². The predicted molar refractivity (Wildman–Crippen MR) is 90.2 cm³/mol. The van der Waals surface area contributed by atoms with Gasteiger partial charge < -0.3 is 10.0 Å². The quantitative estimate of drug-likeness (QED) is 0.924. The smallest absolute Gasteiger partial charge is 0.290 e. The summed E-state index contributed by atoms with van der Waals surface area (Å²) in [5.74, 6) is -0.990. The summed E-state index contributed by atoms with van der Waals surface area (Å²) in [6.45, 7) is 5.42. The van der Waals surface area contributed by atoms with Crippen LogP contribution in [0.15, 0.2) is 35.9 Å². The van der Waals surface area contributed by atoms with Gasteiger partial charge in [0.2, 0.25) is 0 Å². The van der Waals surface area contributed by atoms with E-state index in [1.54, 1.807) is 17.3 Å². The molecule has 0 saturated heterocycles. The third-order valence-corrected chi connectivity index (χ3v) is 4.91. The summed E-state index contributed by atoms with van der Waals surface area (Å²) < 4.78 is 0. The molecule has 1 unspecified atom stereocenters. The molecule has 5 nitrogen and oxygen atoms in total. The Kier molecular flexibility index (Phi) is 4.20. The van der Waals surface area contributed by atoms with Gasteiger partial charge in [-0.2, -0.15) is 0 Å². The van der Waals surface area contributed by atoms with Crippen LogP contribution in [0.1, 0.15) is 58.1 Å². The summed E-state index contributed by atoms with van der Waals surface area (Å²) in [5, 5.41) is 10.5. The molecule has 24 heavy (non-hydrogen) atoms. The number of aromatic nitrogens is 1. The van der Waals surface area contributed by atoms with Gasteiger partial charge in [0.05, 0.1) is 11.6 Å². The van der Waals surface area contributed by atoms with Crippen LogP contribution in [-0.2, 0) is 9.59 Å². The van der Waals surface area contributed by atoms with Crippen LogP contribution >= 0.6 is 0 Å². The van der Waals surface area contributed by atoms with Gasteiger partial charge in [0.15, 0.2) is 11.5 Å². The Balaban J connectivity index is 2.10. The minimum absolute atomic E-state index is 0.0723. The van der Waals surface area contributed by atoms with Crippen LogP contribution < -0.4 is 0 Å². The number of carbonyl (C=O) groups is 2. The molecule has 1 N–H and O–H groups in total. The minimum atomic E-state index is -0.666. The zero-order valence-electron chi connectivity index (χ0n) is 14.5. The molecule has 1 aromatic heterocycles. The van der Waals surface area contributed by atoms with E-state index in [2.05, 4.69) is 4.98 Å². The largest absolute Gasteiger partial charge is 0.503 e. The predicted octanol–water partition coefficient (Wildman–Crippen LogP) is 3.33. The van der Waals surface area contributed by atoms with Gasteiger partial charge in [-0.1, -0.05) is 33.6 Å². The molecule has 1 amide bonds. The first-order valence-electron chi connectivity index (χ1n) is 8.53. The van der Waals surface area contributed by atoms with Gasteiger partial charge in [-0.25, -0.2) is 0 Å². The Bertz CT molecular complexity index is 682. The highest BCUT2D eigenvalue weighted by Gasteiger charge is 2.48. The third kappa shape index (κ3) is 2.72. The molecule has 3 rings (SSSR count). The highest BCUT2D eigenvalue weighted by atomic mass is 16.3. The Labute approximate surface area is 142 Å². The number of aliphatic hydroxyl groups is 1. The topological polar surface area (TPSA) is 70.5 Å². The van der Waals surface area contributed by atoms with Crippen molar-refractivity contribution in [2.45, 2.75) is 58.5 Å². The van der Waals surface area contributed by atoms with Crippen molar-refractivity contribution in [3.05, 3.63) is 41.4 Å². The zero-order chi connectivity index (χ0) is 17.5. The molecular formula is C19H24N2O3. The summed E-state index contributed by atoms with van der Waals surface area (Å²) in [4.78, 5) is 31.5. The summed E-state index contributed by atoms with van der Waals surface area (Å²) in [7, 11) is 0. The standard InChI is InChI=1S/C19H24N2O3/c1-19(2,3)17(23)14-15(12-8-10-20-11-9-12)21(18(24)16(14)22)13-6-4-5-7-13/h8-11,13,15,22H,4-7H2,1-3H3. The van der Waals surface area contributed by atoms with E-state index in [9.17, 15) is 14.7 Å². The van der Waals surface area contributed by atoms with Gasteiger partial charge >= 0.3 is 0 Å². The molecule has 1 fully saturated rings. The van der Waals surface area contributed by atoms with Crippen molar-refractivity contribution in [3.63, 3.8) is 0 Å². The van der Waals surface area contributed by atoms with Crippen molar-refractivity contribution < 1.29 is 14.7 Å². The van der Waals surface area contributed by atoms with Crippen LogP contribution in [0.3, 0.4) is 0 Å². The lowest BCUT2D eigenvalue weighted by atomic mass is 9.82. The molecule has 1 aliphatic carbocycles. The molecular weight excluding hydrogens is 304 g/mol. The molecule has 0 spiro atoms. The number of hydrogen-bond acceptors (Lipinski definition) is 4. The number of Topliss-reactive ketones (excluding diaryl/α,β-unsaturated/α-hetero) is 1. The van der Waals surface area contributed by atoms with Gasteiger partial charge in [0.25, 0.3) is 5.91 Å². The number of hydrogen-bond donors (Lipinski definition) is 1.